The monoisotopic (exact) mass is 542 g/mol. The highest BCUT2D eigenvalue weighted by Gasteiger charge is 2.48. The lowest BCUT2D eigenvalue weighted by molar-refractivity contribution is -0.141. The highest BCUT2D eigenvalue weighted by atomic mass is 19.4. The third-order valence-electron chi connectivity index (χ3n) is 6.02. The zero-order chi connectivity index (χ0) is 28.2. The number of esters is 1. The molecule has 0 aromatic heterocycles. The number of alkyl halides is 3. The lowest BCUT2D eigenvalue weighted by Gasteiger charge is -2.41. The molecule has 1 N–H and O–H groups in total. The van der Waals surface area contributed by atoms with Gasteiger partial charge in [-0.2, -0.15) is 13.2 Å². The van der Waals surface area contributed by atoms with Gasteiger partial charge in [-0.3, -0.25) is 9.59 Å². The van der Waals surface area contributed by atoms with Gasteiger partial charge < -0.3 is 24.4 Å². The minimum absolute atomic E-state index is 0.0318. The SMILES string of the molecule is CC(=O)Oc1cc2c(cc1C(F)(F)F)O[C@@](C)(c1ccccc1)C(=O)N2CCNC(=O)OCc1ccccc1. The standard InChI is InChI=1S/C28H25F3N2O6/c1-18(34)38-23-16-22-24(15-21(23)28(29,30)31)39-27(2,20-11-7-4-8-12-20)25(35)33(22)14-13-32-26(36)37-17-19-9-5-3-6-10-19/h3-12,15-16H,13-14,17H2,1-2H3,(H,32,36)/t27-/m0/s1. The Morgan fingerprint density at radius 1 is 1.03 bits per heavy atom. The van der Waals surface area contributed by atoms with Crippen LogP contribution >= 0.6 is 0 Å². The van der Waals surface area contributed by atoms with Gasteiger partial charge in [0.1, 0.15) is 23.7 Å². The maximum atomic E-state index is 13.9. The van der Waals surface area contributed by atoms with Crippen LogP contribution in [0, 0.1) is 0 Å². The molecular weight excluding hydrogens is 517 g/mol. The normalized spacial score (nSPS) is 16.6. The van der Waals surface area contributed by atoms with Crippen LogP contribution in [0.4, 0.5) is 23.7 Å². The molecule has 0 saturated heterocycles. The van der Waals surface area contributed by atoms with Gasteiger partial charge in [-0.1, -0.05) is 60.7 Å². The predicted molar refractivity (Wildman–Crippen MR) is 134 cm³/mol. The number of carbonyl (C=O) groups is 3. The number of alkyl carbamates (subject to hydrolysis) is 1. The topological polar surface area (TPSA) is 94.2 Å². The zero-order valence-corrected chi connectivity index (χ0v) is 21.1. The predicted octanol–water partition coefficient (Wildman–Crippen LogP) is 5.20. The molecule has 0 unspecified atom stereocenters. The summed E-state index contributed by atoms with van der Waals surface area (Å²) in [5.41, 5.74) is -1.75. The average molecular weight is 543 g/mol. The van der Waals surface area contributed by atoms with E-state index in [9.17, 15) is 27.6 Å². The highest BCUT2D eigenvalue weighted by molar-refractivity contribution is 6.03. The summed E-state index contributed by atoms with van der Waals surface area (Å²) >= 11 is 0. The van der Waals surface area contributed by atoms with Crippen LogP contribution in [0.15, 0.2) is 72.8 Å². The Bertz CT molecular complexity index is 1360. The Balaban J connectivity index is 1.63. The maximum absolute atomic E-state index is 13.9. The molecule has 3 aromatic carbocycles. The van der Waals surface area contributed by atoms with Crippen molar-refractivity contribution in [2.75, 3.05) is 18.0 Å². The number of fused-ring (bicyclic) bond motifs is 1. The molecule has 0 saturated carbocycles. The second-order valence-corrected chi connectivity index (χ2v) is 8.85. The molecule has 39 heavy (non-hydrogen) atoms. The molecule has 0 aliphatic carbocycles. The summed E-state index contributed by atoms with van der Waals surface area (Å²) in [5, 5.41) is 2.54. The first-order valence-corrected chi connectivity index (χ1v) is 11.9. The van der Waals surface area contributed by atoms with E-state index >= 15 is 0 Å². The van der Waals surface area contributed by atoms with Crippen molar-refractivity contribution in [3.05, 3.63) is 89.5 Å². The van der Waals surface area contributed by atoms with Gasteiger partial charge in [-0.15, -0.1) is 0 Å². The van der Waals surface area contributed by atoms with E-state index in [1.807, 2.05) is 6.07 Å². The number of ether oxygens (including phenoxy) is 3. The Labute approximate surface area is 222 Å². The van der Waals surface area contributed by atoms with Crippen molar-refractivity contribution in [2.45, 2.75) is 32.2 Å². The summed E-state index contributed by atoms with van der Waals surface area (Å²) in [6.07, 6.45) is -5.61. The van der Waals surface area contributed by atoms with E-state index in [0.29, 0.717) is 11.6 Å². The van der Waals surface area contributed by atoms with Crippen molar-refractivity contribution in [1.29, 1.82) is 0 Å². The van der Waals surface area contributed by atoms with Crippen molar-refractivity contribution < 1.29 is 41.8 Å². The molecule has 4 rings (SSSR count). The number of anilines is 1. The van der Waals surface area contributed by atoms with Gasteiger partial charge in [0.2, 0.25) is 5.60 Å². The molecule has 1 atom stereocenters. The number of hydrogen-bond donors (Lipinski definition) is 1. The first-order valence-electron chi connectivity index (χ1n) is 11.9. The lowest BCUT2D eigenvalue weighted by Crippen LogP contribution is -2.54. The van der Waals surface area contributed by atoms with Crippen LogP contribution in [-0.4, -0.2) is 31.1 Å². The fourth-order valence-electron chi connectivity index (χ4n) is 4.14. The maximum Gasteiger partial charge on any atom is 0.420 e. The van der Waals surface area contributed by atoms with Crippen LogP contribution in [0.3, 0.4) is 0 Å². The molecule has 1 heterocycles. The fourth-order valence-corrected chi connectivity index (χ4v) is 4.14. The van der Waals surface area contributed by atoms with Crippen molar-refractivity contribution >= 4 is 23.7 Å². The molecule has 204 valence electrons. The molecule has 0 spiro atoms. The van der Waals surface area contributed by atoms with E-state index in [1.54, 1.807) is 54.6 Å². The third kappa shape index (κ3) is 6.14. The smallest absolute Gasteiger partial charge is 0.420 e. The molecule has 11 heteroatoms. The number of rotatable bonds is 7. The number of nitrogens with zero attached hydrogens (tertiary/aromatic N) is 1. The van der Waals surface area contributed by atoms with Gasteiger partial charge in [0.25, 0.3) is 5.91 Å². The van der Waals surface area contributed by atoms with E-state index in [4.69, 9.17) is 14.2 Å². The molecule has 8 nitrogen and oxygen atoms in total. The fraction of sp³-hybridized carbons (Fsp3) is 0.250. The van der Waals surface area contributed by atoms with Gasteiger partial charge >= 0.3 is 18.2 Å². The minimum Gasteiger partial charge on any atom is -0.471 e. The van der Waals surface area contributed by atoms with Gasteiger partial charge in [0.15, 0.2) is 0 Å². The van der Waals surface area contributed by atoms with Gasteiger partial charge in [-0.25, -0.2) is 4.79 Å². The summed E-state index contributed by atoms with van der Waals surface area (Å²) in [4.78, 5) is 38.7. The van der Waals surface area contributed by atoms with Crippen molar-refractivity contribution in [1.82, 2.24) is 5.32 Å². The van der Waals surface area contributed by atoms with Crippen molar-refractivity contribution in [3.63, 3.8) is 0 Å². The van der Waals surface area contributed by atoms with Gasteiger partial charge in [0, 0.05) is 31.6 Å². The molecule has 0 fully saturated rings. The summed E-state index contributed by atoms with van der Waals surface area (Å²) in [7, 11) is 0. The molecule has 3 aromatic rings. The Morgan fingerprint density at radius 3 is 2.28 bits per heavy atom. The van der Waals surface area contributed by atoms with Crippen LogP contribution in [0.25, 0.3) is 0 Å². The molecule has 0 radical (unpaired) electrons. The van der Waals surface area contributed by atoms with E-state index in [1.165, 1.54) is 11.8 Å². The van der Waals surface area contributed by atoms with Crippen LogP contribution in [0.1, 0.15) is 30.5 Å². The van der Waals surface area contributed by atoms with Crippen molar-refractivity contribution in [3.8, 4) is 11.5 Å². The van der Waals surface area contributed by atoms with Crippen LogP contribution < -0.4 is 19.7 Å². The van der Waals surface area contributed by atoms with Crippen LogP contribution in [0.2, 0.25) is 0 Å². The number of carbonyl (C=O) groups excluding carboxylic acids is 3. The largest absolute Gasteiger partial charge is 0.471 e. The number of benzene rings is 3. The Morgan fingerprint density at radius 2 is 1.67 bits per heavy atom. The zero-order valence-electron chi connectivity index (χ0n) is 21.1. The van der Waals surface area contributed by atoms with E-state index in [0.717, 1.165) is 18.6 Å². The van der Waals surface area contributed by atoms with Crippen molar-refractivity contribution in [2.24, 2.45) is 0 Å². The van der Waals surface area contributed by atoms with E-state index in [-0.39, 0.29) is 31.1 Å². The Hall–Kier alpha value is -4.54. The van der Waals surface area contributed by atoms with Crippen LogP contribution in [0.5, 0.6) is 11.5 Å². The Kier molecular flexibility index (Phi) is 7.80. The van der Waals surface area contributed by atoms with E-state index in [2.05, 4.69) is 5.32 Å². The summed E-state index contributed by atoms with van der Waals surface area (Å²) in [6.45, 7) is 2.23. The first-order chi connectivity index (χ1) is 18.5. The number of halogens is 3. The van der Waals surface area contributed by atoms with Crippen LogP contribution in [-0.2, 0) is 32.7 Å². The lowest BCUT2D eigenvalue weighted by atomic mass is 9.91. The molecule has 1 aliphatic heterocycles. The minimum atomic E-state index is -4.87. The molecular formula is C28H25F3N2O6. The quantitative estimate of drug-likeness (QED) is 0.326. The average Bonchev–Trinajstić information content (AvgIpc) is 2.90. The summed E-state index contributed by atoms with van der Waals surface area (Å²) in [5.74, 6) is -2.56. The van der Waals surface area contributed by atoms with E-state index < -0.39 is 41.1 Å². The summed E-state index contributed by atoms with van der Waals surface area (Å²) < 4.78 is 57.5. The second-order valence-electron chi connectivity index (χ2n) is 8.85. The number of hydrogen-bond acceptors (Lipinski definition) is 6. The first kappa shape index (κ1) is 27.5. The summed E-state index contributed by atoms with van der Waals surface area (Å²) in [6, 6.07) is 19.0. The third-order valence-corrected chi connectivity index (χ3v) is 6.02. The second kappa shape index (κ2) is 11.1. The number of nitrogens with one attached hydrogen (secondary N) is 1. The highest BCUT2D eigenvalue weighted by Crippen LogP contribution is 2.48. The molecule has 0 bridgehead atoms. The molecule has 1 aliphatic rings. The van der Waals surface area contributed by atoms with Gasteiger partial charge in [0.05, 0.1) is 5.69 Å². The number of amides is 2. The van der Waals surface area contributed by atoms with Gasteiger partial charge in [-0.05, 0) is 18.6 Å². The molecule has 2 amide bonds.